The van der Waals surface area contributed by atoms with Crippen molar-refractivity contribution in [1.29, 1.82) is 0 Å². The highest BCUT2D eigenvalue weighted by atomic mass is 16.6. The molecule has 0 unspecified atom stereocenters. The van der Waals surface area contributed by atoms with Gasteiger partial charge in [0.25, 0.3) is 17.3 Å². The summed E-state index contributed by atoms with van der Waals surface area (Å²) in [5.41, 5.74) is -0.955. The molecular formula is C16H13N3O8. The van der Waals surface area contributed by atoms with E-state index in [1.54, 1.807) is 0 Å². The SMILES string of the molecule is COC(=O)c1cc(C(=O)Nc2ccc([N+](=O)[O-])cc2OC)cc([N+](=O)[O-])c1. The van der Waals surface area contributed by atoms with Gasteiger partial charge in [-0.05, 0) is 12.1 Å². The summed E-state index contributed by atoms with van der Waals surface area (Å²) in [7, 11) is 2.36. The van der Waals surface area contributed by atoms with Crippen molar-refractivity contribution in [3.63, 3.8) is 0 Å². The van der Waals surface area contributed by atoms with E-state index in [1.807, 2.05) is 0 Å². The number of rotatable bonds is 6. The molecule has 0 bridgehead atoms. The number of ether oxygens (including phenoxy) is 2. The van der Waals surface area contributed by atoms with Gasteiger partial charge in [0.1, 0.15) is 5.75 Å². The number of hydrogen-bond donors (Lipinski definition) is 1. The zero-order valence-corrected chi connectivity index (χ0v) is 14.1. The van der Waals surface area contributed by atoms with E-state index >= 15 is 0 Å². The summed E-state index contributed by atoms with van der Waals surface area (Å²) in [6.45, 7) is 0. The van der Waals surface area contributed by atoms with E-state index in [2.05, 4.69) is 10.1 Å². The van der Waals surface area contributed by atoms with Crippen LogP contribution in [0.3, 0.4) is 0 Å². The lowest BCUT2D eigenvalue weighted by atomic mass is 10.1. The summed E-state index contributed by atoms with van der Waals surface area (Å²) >= 11 is 0. The van der Waals surface area contributed by atoms with E-state index in [-0.39, 0.29) is 28.3 Å². The van der Waals surface area contributed by atoms with Gasteiger partial charge in [-0.3, -0.25) is 25.0 Å². The number of carbonyl (C=O) groups excluding carboxylic acids is 2. The Kier molecular flexibility index (Phi) is 5.65. The third-order valence-corrected chi connectivity index (χ3v) is 3.46. The van der Waals surface area contributed by atoms with Crippen LogP contribution in [0.25, 0.3) is 0 Å². The molecule has 2 rings (SSSR count). The number of esters is 1. The number of anilines is 1. The fraction of sp³-hybridized carbons (Fsp3) is 0.125. The Bertz CT molecular complexity index is 941. The van der Waals surface area contributed by atoms with Crippen molar-refractivity contribution in [3.8, 4) is 5.75 Å². The normalized spacial score (nSPS) is 10.0. The molecule has 140 valence electrons. The van der Waals surface area contributed by atoms with Gasteiger partial charge < -0.3 is 14.8 Å². The molecule has 0 aliphatic rings. The molecule has 0 radical (unpaired) electrons. The molecule has 0 atom stereocenters. The molecule has 0 heterocycles. The number of nitrogens with one attached hydrogen (secondary N) is 1. The highest BCUT2D eigenvalue weighted by Crippen LogP contribution is 2.29. The van der Waals surface area contributed by atoms with Gasteiger partial charge in [0.05, 0.1) is 41.4 Å². The molecule has 1 N–H and O–H groups in total. The first-order valence-corrected chi connectivity index (χ1v) is 7.28. The molecule has 0 aliphatic heterocycles. The Balaban J connectivity index is 2.40. The largest absolute Gasteiger partial charge is 0.494 e. The Hall–Kier alpha value is -4.02. The quantitative estimate of drug-likeness (QED) is 0.459. The monoisotopic (exact) mass is 375 g/mol. The lowest BCUT2D eigenvalue weighted by molar-refractivity contribution is -0.385. The number of carbonyl (C=O) groups is 2. The van der Waals surface area contributed by atoms with Crippen molar-refractivity contribution < 1.29 is 28.9 Å². The van der Waals surface area contributed by atoms with Crippen molar-refractivity contribution >= 4 is 28.9 Å². The van der Waals surface area contributed by atoms with Crippen molar-refractivity contribution in [2.75, 3.05) is 19.5 Å². The van der Waals surface area contributed by atoms with E-state index in [0.29, 0.717) is 0 Å². The van der Waals surface area contributed by atoms with Gasteiger partial charge in [0, 0.05) is 23.8 Å². The Morgan fingerprint density at radius 1 is 0.926 bits per heavy atom. The maximum absolute atomic E-state index is 12.5. The summed E-state index contributed by atoms with van der Waals surface area (Å²) in [4.78, 5) is 44.6. The summed E-state index contributed by atoms with van der Waals surface area (Å²) in [5.74, 6) is -1.60. The third kappa shape index (κ3) is 4.34. The number of non-ortho nitro benzene ring substituents is 2. The zero-order chi connectivity index (χ0) is 20.1. The number of methoxy groups -OCH3 is 2. The smallest absolute Gasteiger partial charge is 0.338 e. The number of nitro benzene ring substituents is 2. The van der Waals surface area contributed by atoms with E-state index < -0.39 is 27.4 Å². The number of nitro groups is 2. The first kappa shape index (κ1) is 19.3. The van der Waals surface area contributed by atoms with E-state index in [1.165, 1.54) is 13.2 Å². The molecule has 2 aromatic carbocycles. The highest BCUT2D eigenvalue weighted by molar-refractivity contribution is 6.07. The van der Waals surface area contributed by atoms with E-state index in [4.69, 9.17) is 4.74 Å². The minimum absolute atomic E-state index is 0.0242. The topological polar surface area (TPSA) is 151 Å². The first-order chi connectivity index (χ1) is 12.8. The highest BCUT2D eigenvalue weighted by Gasteiger charge is 2.20. The predicted octanol–water partition coefficient (Wildman–Crippen LogP) is 2.55. The number of nitrogens with zero attached hydrogens (tertiary/aromatic N) is 2. The Labute approximate surface area is 151 Å². The van der Waals surface area contributed by atoms with Gasteiger partial charge >= 0.3 is 5.97 Å². The summed E-state index contributed by atoms with van der Waals surface area (Å²) < 4.78 is 9.53. The van der Waals surface area contributed by atoms with Crippen LogP contribution in [-0.4, -0.2) is 35.9 Å². The van der Waals surface area contributed by atoms with Gasteiger partial charge in [-0.15, -0.1) is 0 Å². The molecule has 2 aromatic rings. The standard InChI is InChI=1S/C16H13N3O8/c1-26-14-8-11(18(22)23)3-4-13(14)17-15(20)9-5-10(16(21)27-2)7-12(6-9)19(24)25/h3-8H,1-2H3,(H,17,20). The minimum atomic E-state index is -0.847. The van der Waals surface area contributed by atoms with Crippen LogP contribution in [0.1, 0.15) is 20.7 Å². The van der Waals surface area contributed by atoms with Gasteiger partial charge in [-0.2, -0.15) is 0 Å². The van der Waals surface area contributed by atoms with E-state index in [9.17, 15) is 29.8 Å². The maximum atomic E-state index is 12.5. The van der Waals surface area contributed by atoms with Crippen LogP contribution in [0.15, 0.2) is 36.4 Å². The first-order valence-electron chi connectivity index (χ1n) is 7.28. The van der Waals surface area contributed by atoms with Crippen LogP contribution >= 0.6 is 0 Å². The molecule has 0 fully saturated rings. The van der Waals surface area contributed by atoms with Crippen molar-refractivity contribution in [2.24, 2.45) is 0 Å². The maximum Gasteiger partial charge on any atom is 0.338 e. The van der Waals surface area contributed by atoms with Gasteiger partial charge in [-0.25, -0.2) is 4.79 Å². The molecule has 0 spiro atoms. The molecule has 27 heavy (non-hydrogen) atoms. The Morgan fingerprint density at radius 3 is 2.11 bits per heavy atom. The van der Waals surface area contributed by atoms with Crippen LogP contribution in [0.2, 0.25) is 0 Å². The van der Waals surface area contributed by atoms with Crippen molar-refractivity contribution in [2.45, 2.75) is 0 Å². The van der Waals surface area contributed by atoms with Crippen LogP contribution in [0, 0.1) is 20.2 Å². The van der Waals surface area contributed by atoms with Gasteiger partial charge in [-0.1, -0.05) is 0 Å². The second-order valence-electron chi connectivity index (χ2n) is 5.11. The summed E-state index contributed by atoms with van der Waals surface area (Å²) in [6, 6.07) is 6.63. The van der Waals surface area contributed by atoms with Crippen LogP contribution in [-0.2, 0) is 4.74 Å². The number of amides is 1. The van der Waals surface area contributed by atoms with Gasteiger partial charge in [0.15, 0.2) is 0 Å². The second kappa shape index (κ2) is 7.91. The molecule has 0 saturated carbocycles. The fourth-order valence-electron chi connectivity index (χ4n) is 2.17. The van der Waals surface area contributed by atoms with Crippen LogP contribution in [0.5, 0.6) is 5.75 Å². The second-order valence-corrected chi connectivity index (χ2v) is 5.11. The molecule has 1 amide bonds. The molecule has 11 heteroatoms. The molecule has 0 aromatic heterocycles. The molecular weight excluding hydrogens is 362 g/mol. The summed E-state index contributed by atoms with van der Waals surface area (Å²) in [5, 5.41) is 24.3. The van der Waals surface area contributed by atoms with Crippen molar-refractivity contribution in [3.05, 3.63) is 67.8 Å². The molecule has 0 aliphatic carbocycles. The molecule has 11 nitrogen and oxygen atoms in total. The predicted molar refractivity (Wildman–Crippen MR) is 92.0 cm³/mol. The number of benzene rings is 2. The lowest BCUT2D eigenvalue weighted by Crippen LogP contribution is -2.14. The van der Waals surface area contributed by atoms with Gasteiger partial charge in [0.2, 0.25) is 0 Å². The average molecular weight is 375 g/mol. The number of hydrogen-bond acceptors (Lipinski definition) is 8. The van der Waals surface area contributed by atoms with Crippen LogP contribution < -0.4 is 10.1 Å². The van der Waals surface area contributed by atoms with Crippen molar-refractivity contribution in [1.82, 2.24) is 0 Å². The van der Waals surface area contributed by atoms with E-state index in [0.717, 1.165) is 37.4 Å². The fourth-order valence-corrected chi connectivity index (χ4v) is 2.17. The van der Waals surface area contributed by atoms with Crippen LogP contribution in [0.4, 0.5) is 17.1 Å². The Morgan fingerprint density at radius 2 is 1.56 bits per heavy atom. The minimum Gasteiger partial charge on any atom is -0.494 e. The lowest BCUT2D eigenvalue weighted by Gasteiger charge is -2.10. The summed E-state index contributed by atoms with van der Waals surface area (Å²) in [6.07, 6.45) is 0. The molecule has 0 saturated heterocycles. The third-order valence-electron chi connectivity index (χ3n) is 3.46. The zero-order valence-electron chi connectivity index (χ0n) is 14.1. The average Bonchev–Trinajstić information content (AvgIpc) is 2.66.